The topological polar surface area (TPSA) is 50.2 Å². The van der Waals surface area contributed by atoms with E-state index in [1.165, 1.54) is 18.2 Å². The normalized spacial score (nSPS) is 10.5. The van der Waals surface area contributed by atoms with Gasteiger partial charge in [-0.3, -0.25) is 0 Å². The number of benzene rings is 1. The number of carboxylic acids is 1. The van der Waals surface area contributed by atoms with Gasteiger partial charge in [0.15, 0.2) is 5.69 Å². The molecule has 3 nitrogen and oxygen atoms in total. The summed E-state index contributed by atoms with van der Waals surface area (Å²) in [6, 6.07) is 5.23. The van der Waals surface area contributed by atoms with Crippen LogP contribution in [0.15, 0.2) is 24.3 Å². The van der Waals surface area contributed by atoms with E-state index in [0.29, 0.717) is 5.56 Å². The lowest BCUT2D eigenvalue weighted by atomic mass is 10.0. The molecular formula is C12H5Cl3FNO2. The van der Waals surface area contributed by atoms with Crippen LogP contribution in [0.1, 0.15) is 10.5 Å². The van der Waals surface area contributed by atoms with Crippen LogP contribution >= 0.6 is 34.8 Å². The number of hydrogen-bond donors (Lipinski definition) is 1. The molecule has 1 heterocycles. The zero-order valence-corrected chi connectivity index (χ0v) is 11.4. The fourth-order valence-corrected chi connectivity index (χ4v) is 2.14. The van der Waals surface area contributed by atoms with Crippen LogP contribution in [0.25, 0.3) is 11.1 Å². The number of halogens is 4. The first kappa shape index (κ1) is 14.1. The maximum atomic E-state index is 13.0. The summed E-state index contributed by atoms with van der Waals surface area (Å²) in [7, 11) is 0. The summed E-state index contributed by atoms with van der Waals surface area (Å²) in [5.74, 6) is -2.23. The van der Waals surface area contributed by atoms with Gasteiger partial charge in [-0.2, -0.15) is 4.39 Å². The summed E-state index contributed by atoms with van der Waals surface area (Å²) in [5, 5.41) is 9.53. The van der Waals surface area contributed by atoms with Gasteiger partial charge < -0.3 is 5.11 Å². The van der Waals surface area contributed by atoms with Crippen molar-refractivity contribution >= 4 is 40.8 Å². The van der Waals surface area contributed by atoms with Crippen molar-refractivity contribution in [3.05, 3.63) is 51.0 Å². The lowest BCUT2D eigenvalue weighted by molar-refractivity contribution is 0.0690. The molecule has 0 aliphatic heterocycles. The summed E-state index contributed by atoms with van der Waals surface area (Å²) in [5.41, 5.74) is 0.174. The molecule has 19 heavy (non-hydrogen) atoms. The van der Waals surface area contributed by atoms with Crippen LogP contribution in [0.5, 0.6) is 0 Å². The quantitative estimate of drug-likeness (QED) is 0.652. The van der Waals surface area contributed by atoms with Crippen LogP contribution < -0.4 is 0 Å². The van der Waals surface area contributed by atoms with Crippen molar-refractivity contribution in [3.8, 4) is 11.1 Å². The fourth-order valence-electron chi connectivity index (χ4n) is 1.54. The molecule has 7 heteroatoms. The molecule has 1 aromatic heterocycles. The molecule has 0 radical (unpaired) electrons. The number of carboxylic acid groups (broad SMARTS) is 1. The molecular weight excluding hydrogens is 315 g/mol. The highest BCUT2D eigenvalue weighted by Crippen LogP contribution is 2.35. The molecule has 0 spiro atoms. The summed E-state index contributed by atoms with van der Waals surface area (Å²) >= 11 is 17.6. The van der Waals surface area contributed by atoms with Crippen LogP contribution in [0.2, 0.25) is 15.1 Å². The highest BCUT2D eigenvalue weighted by Gasteiger charge is 2.16. The van der Waals surface area contributed by atoms with E-state index in [2.05, 4.69) is 4.98 Å². The van der Waals surface area contributed by atoms with Crippen molar-refractivity contribution < 1.29 is 14.3 Å². The number of carbonyl (C=O) groups is 1. The maximum Gasteiger partial charge on any atom is 0.355 e. The average Bonchev–Trinajstić information content (AvgIpc) is 2.35. The van der Waals surface area contributed by atoms with E-state index in [4.69, 9.17) is 39.9 Å². The van der Waals surface area contributed by atoms with Gasteiger partial charge in [-0.15, -0.1) is 0 Å². The van der Waals surface area contributed by atoms with Crippen molar-refractivity contribution in [2.45, 2.75) is 0 Å². The molecule has 0 saturated heterocycles. The van der Waals surface area contributed by atoms with Crippen LogP contribution in [0.3, 0.4) is 0 Å². The Morgan fingerprint density at radius 3 is 2.26 bits per heavy atom. The van der Waals surface area contributed by atoms with Crippen molar-refractivity contribution in [2.24, 2.45) is 0 Å². The van der Waals surface area contributed by atoms with Gasteiger partial charge in [0, 0.05) is 5.56 Å². The fraction of sp³-hybridized carbons (Fsp3) is 0. The molecule has 2 aromatic rings. The predicted molar refractivity (Wildman–Crippen MR) is 71.6 cm³/mol. The molecule has 2 rings (SSSR count). The Balaban J connectivity index is 2.68. The molecule has 0 atom stereocenters. The molecule has 0 aliphatic rings. The summed E-state index contributed by atoms with van der Waals surface area (Å²) in [6.07, 6.45) is 0. The second-order valence-electron chi connectivity index (χ2n) is 3.59. The second kappa shape index (κ2) is 5.33. The van der Waals surface area contributed by atoms with Crippen LogP contribution in [0.4, 0.5) is 4.39 Å². The van der Waals surface area contributed by atoms with Crippen molar-refractivity contribution in [1.82, 2.24) is 4.98 Å². The van der Waals surface area contributed by atoms with E-state index in [-0.39, 0.29) is 20.6 Å². The Hall–Kier alpha value is -1.36. The van der Waals surface area contributed by atoms with Gasteiger partial charge in [0.25, 0.3) is 0 Å². The molecule has 0 aliphatic carbocycles. The first-order valence-electron chi connectivity index (χ1n) is 4.95. The molecule has 0 unspecified atom stereocenters. The summed E-state index contributed by atoms with van der Waals surface area (Å²) < 4.78 is 13.0. The first-order valence-corrected chi connectivity index (χ1v) is 6.08. The van der Waals surface area contributed by atoms with E-state index < -0.39 is 17.6 Å². The van der Waals surface area contributed by atoms with Crippen LogP contribution in [0, 0.1) is 5.95 Å². The Labute approximate surface area is 122 Å². The molecule has 0 amide bonds. The molecule has 1 N–H and O–H groups in total. The van der Waals surface area contributed by atoms with Gasteiger partial charge in [0.05, 0.1) is 15.1 Å². The summed E-state index contributed by atoms with van der Waals surface area (Å²) in [4.78, 5) is 14.4. The minimum absolute atomic E-state index is 0.166. The number of pyridine rings is 1. The third-order valence-electron chi connectivity index (χ3n) is 2.36. The first-order chi connectivity index (χ1) is 8.90. The SMILES string of the molecule is O=C(O)c1nc(F)ccc1-c1cc(Cl)c(Cl)c(Cl)c1. The van der Waals surface area contributed by atoms with Crippen LogP contribution in [-0.4, -0.2) is 16.1 Å². The Morgan fingerprint density at radius 2 is 1.74 bits per heavy atom. The number of aromatic nitrogens is 1. The third kappa shape index (κ3) is 2.81. The van der Waals surface area contributed by atoms with Gasteiger partial charge in [-0.25, -0.2) is 9.78 Å². The second-order valence-corrected chi connectivity index (χ2v) is 4.78. The van der Waals surface area contributed by atoms with Gasteiger partial charge in [-0.05, 0) is 29.8 Å². The number of aromatic carboxylic acids is 1. The number of hydrogen-bond acceptors (Lipinski definition) is 2. The van der Waals surface area contributed by atoms with Crippen molar-refractivity contribution in [3.63, 3.8) is 0 Å². The Morgan fingerprint density at radius 1 is 1.16 bits per heavy atom. The van der Waals surface area contributed by atoms with Gasteiger partial charge in [0.1, 0.15) is 0 Å². The van der Waals surface area contributed by atoms with E-state index in [1.807, 2.05) is 0 Å². The molecule has 0 saturated carbocycles. The minimum atomic E-state index is -1.35. The molecule has 1 aromatic carbocycles. The van der Waals surface area contributed by atoms with E-state index >= 15 is 0 Å². The lowest BCUT2D eigenvalue weighted by Gasteiger charge is -2.08. The monoisotopic (exact) mass is 319 g/mol. The largest absolute Gasteiger partial charge is 0.476 e. The Bertz CT molecular complexity index is 653. The summed E-state index contributed by atoms with van der Waals surface area (Å²) in [6.45, 7) is 0. The molecule has 0 fully saturated rings. The highest BCUT2D eigenvalue weighted by atomic mass is 35.5. The van der Waals surface area contributed by atoms with E-state index in [9.17, 15) is 9.18 Å². The molecule has 0 bridgehead atoms. The van der Waals surface area contributed by atoms with Crippen molar-refractivity contribution in [2.75, 3.05) is 0 Å². The zero-order chi connectivity index (χ0) is 14.2. The van der Waals surface area contributed by atoms with Crippen LogP contribution in [-0.2, 0) is 0 Å². The highest BCUT2D eigenvalue weighted by molar-refractivity contribution is 6.48. The number of nitrogens with zero attached hydrogens (tertiary/aromatic N) is 1. The molecule has 98 valence electrons. The third-order valence-corrected chi connectivity index (χ3v) is 3.56. The predicted octanol–water partition coefficient (Wildman–Crippen LogP) is 4.55. The van der Waals surface area contributed by atoms with Gasteiger partial charge >= 0.3 is 5.97 Å². The maximum absolute atomic E-state index is 13.0. The van der Waals surface area contributed by atoms with Gasteiger partial charge in [0.2, 0.25) is 5.95 Å². The minimum Gasteiger partial charge on any atom is -0.476 e. The van der Waals surface area contributed by atoms with E-state index in [0.717, 1.165) is 6.07 Å². The van der Waals surface area contributed by atoms with Gasteiger partial charge in [-0.1, -0.05) is 34.8 Å². The lowest BCUT2D eigenvalue weighted by Crippen LogP contribution is -2.04. The number of rotatable bonds is 2. The Kier molecular flexibility index (Phi) is 3.94. The zero-order valence-electron chi connectivity index (χ0n) is 9.12. The standard InChI is InChI=1S/C12H5Cl3FNO2/c13-7-3-5(4-8(14)10(7)15)6-1-2-9(16)17-11(6)12(18)19/h1-4H,(H,18,19). The smallest absolute Gasteiger partial charge is 0.355 e. The van der Waals surface area contributed by atoms with E-state index in [1.54, 1.807) is 0 Å². The van der Waals surface area contributed by atoms with Crippen molar-refractivity contribution in [1.29, 1.82) is 0 Å². The average molecular weight is 321 g/mol.